The fraction of sp³-hybridized carbons (Fsp3) is 0.455. The summed E-state index contributed by atoms with van der Waals surface area (Å²) in [5, 5.41) is 30.7. The van der Waals surface area contributed by atoms with E-state index in [2.05, 4.69) is 0 Å². The van der Waals surface area contributed by atoms with Crippen molar-refractivity contribution in [3.8, 4) is 5.75 Å². The Hall–Kier alpha value is -1.84. The molecule has 2 aromatic rings. The molecule has 3 rings (SSSR count). The Kier molecular flexibility index (Phi) is 7.49. The van der Waals surface area contributed by atoms with Crippen LogP contribution in [0.25, 0.3) is 0 Å². The van der Waals surface area contributed by atoms with Gasteiger partial charge in [-0.05, 0) is 41.3 Å². The van der Waals surface area contributed by atoms with E-state index < -0.39 is 43.1 Å². The van der Waals surface area contributed by atoms with Crippen molar-refractivity contribution in [1.82, 2.24) is 0 Å². The molecule has 0 spiro atoms. The van der Waals surface area contributed by atoms with Crippen molar-refractivity contribution in [3.63, 3.8) is 0 Å². The highest BCUT2D eigenvalue weighted by Crippen LogP contribution is 2.37. The summed E-state index contributed by atoms with van der Waals surface area (Å²) < 4.78 is 47.2. The summed E-state index contributed by atoms with van der Waals surface area (Å²) in [5.74, 6) is -0.387. The molecule has 2 aromatic carbocycles. The molecule has 1 fully saturated rings. The predicted molar refractivity (Wildman–Crippen MR) is 108 cm³/mol. The molecule has 170 valence electrons. The van der Waals surface area contributed by atoms with Gasteiger partial charge in [-0.1, -0.05) is 42.8 Å². The summed E-state index contributed by atoms with van der Waals surface area (Å²) in [6, 6.07) is 11.4. The molecule has 0 amide bonds. The highest BCUT2D eigenvalue weighted by molar-refractivity contribution is 6.31. The molecule has 0 saturated carbocycles. The van der Waals surface area contributed by atoms with E-state index in [1.807, 2.05) is 0 Å². The Morgan fingerprint density at radius 1 is 1.06 bits per heavy atom. The minimum Gasteiger partial charge on any atom is -0.484 e. The molecule has 0 bridgehead atoms. The van der Waals surface area contributed by atoms with Gasteiger partial charge in [0.1, 0.15) is 18.0 Å². The SMILES string of the molecule is C[C@@H]1[C@@H](O)[C@H](c2ccc(Cl)c(Cc3ccc(OCC(F)(F)F)cc3)c2)O[C@H](CO)[C@H]1O. The zero-order chi connectivity index (χ0) is 22.8. The largest absolute Gasteiger partial charge is 0.484 e. The fourth-order valence-electron chi connectivity index (χ4n) is 3.59. The van der Waals surface area contributed by atoms with Crippen molar-refractivity contribution in [3.05, 3.63) is 64.2 Å². The maximum Gasteiger partial charge on any atom is 0.422 e. The van der Waals surface area contributed by atoms with E-state index in [1.165, 1.54) is 12.1 Å². The van der Waals surface area contributed by atoms with Gasteiger partial charge in [-0.3, -0.25) is 0 Å². The summed E-state index contributed by atoms with van der Waals surface area (Å²) in [6.07, 6.45) is -7.52. The molecule has 9 heteroatoms. The number of hydrogen-bond acceptors (Lipinski definition) is 5. The second-order valence-corrected chi connectivity index (χ2v) is 8.10. The van der Waals surface area contributed by atoms with Crippen LogP contribution >= 0.6 is 11.6 Å². The molecule has 5 nitrogen and oxygen atoms in total. The number of halogens is 4. The second-order valence-electron chi connectivity index (χ2n) is 7.69. The highest BCUT2D eigenvalue weighted by Gasteiger charge is 2.42. The number of aliphatic hydroxyl groups excluding tert-OH is 3. The van der Waals surface area contributed by atoms with Crippen molar-refractivity contribution < 1.29 is 38.0 Å². The average Bonchev–Trinajstić information content (AvgIpc) is 2.73. The van der Waals surface area contributed by atoms with E-state index in [1.54, 1.807) is 37.3 Å². The monoisotopic (exact) mass is 460 g/mol. The third-order valence-electron chi connectivity index (χ3n) is 5.39. The first kappa shape index (κ1) is 23.8. The van der Waals surface area contributed by atoms with Crippen LogP contribution in [0.3, 0.4) is 0 Å². The van der Waals surface area contributed by atoms with Crippen LogP contribution in [0, 0.1) is 5.92 Å². The second kappa shape index (κ2) is 9.75. The lowest BCUT2D eigenvalue weighted by atomic mass is 9.84. The summed E-state index contributed by atoms with van der Waals surface area (Å²) in [7, 11) is 0. The van der Waals surface area contributed by atoms with E-state index in [0.29, 0.717) is 17.0 Å². The summed E-state index contributed by atoms with van der Waals surface area (Å²) in [4.78, 5) is 0. The molecule has 31 heavy (non-hydrogen) atoms. The predicted octanol–water partition coefficient (Wildman–Crippen LogP) is 3.66. The molecule has 1 aliphatic rings. The van der Waals surface area contributed by atoms with Gasteiger partial charge in [0, 0.05) is 10.9 Å². The van der Waals surface area contributed by atoms with Crippen LogP contribution in [-0.4, -0.2) is 53.0 Å². The molecule has 1 heterocycles. The first-order valence-electron chi connectivity index (χ1n) is 9.78. The van der Waals surface area contributed by atoms with Gasteiger partial charge in [-0.2, -0.15) is 13.2 Å². The van der Waals surface area contributed by atoms with Gasteiger partial charge in [0.05, 0.1) is 18.8 Å². The number of rotatable bonds is 6. The van der Waals surface area contributed by atoms with Crippen LogP contribution in [0.5, 0.6) is 5.75 Å². The third-order valence-corrected chi connectivity index (χ3v) is 5.76. The fourth-order valence-corrected chi connectivity index (χ4v) is 3.77. The van der Waals surface area contributed by atoms with Crippen molar-refractivity contribution in [2.45, 2.75) is 43.9 Å². The van der Waals surface area contributed by atoms with Gasteiger partial charge >= 0.3 is 6.18 Å². The van der Waals surface area contributed by atoms with E-state index >= 15 is 0 Å². The molecule has 3 N–H and O–H groups in total. The van der Waals surface area contributed by atoms with Crippen molar-refractivity contribution in [1.29, 1.82) is 0 Å². The van der Waals surface area contributed by atoms with Gasteiger partial charge in [0.25, 0.3) is 0 Å². The lowest BCUT2D eigenvalue weighted by Gasteiger charge is -2.41. The van der Waals surface area contributed by atoms with Crippen LogP contribution in [0.15, 0.2) is 42.5 Å². The van der Waals surface area contributed by atoms with E-state index in [0.717, 1.165) is 11.1 Å². The topological polar surface area (TPSA) is 79.2 Å². The summed E-state index contributed by atoms with van der Waals surface area (Å²) in [5.41, 5.74) is 2.19. The van der Waals surface area contributed by atoms with Crippen LogP contribution in [0.2, 0.25) is 5.02 Å². The Morgan fingerprint density at radius 3 is 2.35 bits per heavy atom. The molecular formula is C22H24ClF3O5. The quantitative estimate of drug-likeness (QED) is 0.613. The average molecular weight is 461 g/mol. The van der Waals surface area contributed by atoms with E-state index in [4.69, 9.17) is 21.1 Å². The summed E-state index contributed by atoms with van der Waals surface area (Å²) >= 11 is 6.33. The Labute approximate surface area is 183 Å². The zero-order valence-corrected chi connectivity index (χ0v) is 17.5. The zero-order valence-electron chi connectivity index (χ0n) is 16.7. The lowest BCUT2D eigenvalue weighted by Crippen LogP contribution is -2.50. The number of ether oxygens (including phenoxy) is 2. The number of aliphatic hydroxyl groups is 3. The number of hydrogen-bond donors (Lipinski definition) is 3. The maximum absolute atomic E-state index is 12.3. The van der Waals surface area contributed by atoms with Gasteiger partial charge in [0.2, 0.25) is 0 Å². The Balaban J connectivity index is 1.75. The molecular weight excluding hydrogens is 437 g/mol. The molecule has 0 aromatic heterocycles. The molecule has 1 aliphatic heterocycles. The molecule has 1 saturated heterocycles. The lowest BCUT2D eigenvalue weighted by molar-refractivity contribution is -0.207. The maximum atomic E-state index is 12.3. The smallest absolute Gasteiger partial charge is 0.422 e. The number of alkyl halides is 3. The van der Waals surface area contributed by atoms with Crippen molar-refractivity contribution >= 4 is 11.6 Å². The van der Waals surface area contributed by atoms with Gasteiger partial charge in [0.15, 0.2) is 6.61 Å². The Morgan fingerprint density at radius 2 is 1.74 bits per heavy atom. The molecule has 5 atom stereocenters. The van der Waals surface area contributed by atoms with Gasteiger partial charge < -0.3 is 24.8 Å². The minimum absolute atomic E-state index is 0.113. The van der Waals surface area contributed by atoms with E-state index in [9.17, 15) is 28.5 Å². The van der Waals surface area contributed by atoms with Crippen LogP contribution in [0.4, 0.5) is 13.2 Å². The third kappa shape index (κ3) is 5.90. The van der Waals surface area contributed by atoms with Crippen LogP contribution in [-0.2, 0) is 11.2 Å². The first-order valence-corrected chi connectivity index (χ1v) is 10.2. The number of benzene rings is 2. The normalized spacial score (nSPS) is 26.6. The Bertz CT molecular complexity index is 872. The van der Waals surface area contributed by atoms with E-state index in [-0.39, 0.29) is 12.4 Å². The molecule has 0 radical (unpaired) electrons. The highest BCUT2D eigenvalue weighted by atomic mass is 35.5. The van der Waals surface area contributed by atoms with Gasteiger partial charge in [-0.25, -0.2) is 0 Å². The van der Waals surface area contributed by atoms with Gasteiger partial charge in [-0.15, -0.1) is 0 Å². The van der Waals surface area contributed by atoms with Crippen LogP contribution < -0.4 is 4.74 Å². The minimum atomic E-state index is -4.40. The molecule has 0 unspecified atom stereocenters. The summed E-state index contributed by atoms with van der Waals surface area (Å²) in [6.45, 7) is -0.0451. The molecule has 0 aliphatic carbocycles. The van der Waals surface area contributed by atoms with Crippen molar-refractivity contribution in [2.75, 3.05) is 13.2 Å². The standard InChI is InChI=1S/C22H24ClF3O5/c1-12-19(28)18(10-27)31-21(20(12)29)14-4-7-17(23)15(9-14)8-13-2-5-16(6-3-13)30-11-22(24,25)26/h2-7,9,12,18-21,27-29H,8,10-11H2,1H3/t12-,18+,19-,20+,21-/m0/s1. The first-order chi connectivity index (χ1) is 14.6. The van der Waals surface area contributed by atoms with Crippen LogP contribution in [0.1, 0.15) is 29.7 Å². The van der Waals surface area contributed by atoms with Crippen molar-refractivity contribution in [2.24, 2.45) is 5.92 Å².